The molecule has 0 spiro atoms. The van der Waals surface area contributed by atoms with Gasteiger partial charge in [-0.2, -0.15) is 13.2 Å². The lowest BCUT2D eigenvalue weighted by Gasteiger charge is -2.10. The lowest BCUT2D eigenvalue weighted by atomic mass is 10.1. The van der Waals surface area contributed by atoms with Gasteiger partial charge in [0.25, 0.3) is 0 Å². The van der Waals surface area contributed by atoms with E-state index in [2.05, 4.69) is 4.98 Å². The zero-order chi connectivity index (χ0) is 13.3. The first kappa shape index (κ1) is 12.4. The van der Waals surface area contributed by atoms with Gasteiger partial charge in [-0.05, 0) is 31.2 Å². The van der Waals surface area contributed by atoms with Gasteiger partial charge in [0.1, 0.15) is 0 Å². The normalized spacial score (nSPS) is 11.6. The van der Waals surface area contributed by atoms with Crippen LogP contribution in [0.2, 0.25) is 0 Å². The summed E-state index contributed by atoms with van der Waals surface area (Å²) in [4.78, 5) is 4.23. The van der Waals surface area contributed by atoms with Crippen molar-refractivity contribution >= 4 is 5.69 Å². The zero-order valence-electron chi connectivity index (χ0n) is 9.62. The molecule has 1 aromatic carbocycles. The molecule has 0 bridgehead atoms. The lowest BCUT2D eigenvalue weighted by molar-refractivity contribution is -0.137. The summed E-state index contributed by atoms with van der Waals surface area (Å²) in [5, 5.41) is 0. The average molecular weight is 252 g/mol. The molecular weight excluding hydrogens is 241 g/mol. The summed E-state index contributed by atoms with van der Waals surface area (Å²) in [5.74, 6) is 0. The van der Waals surface area contributed by atoms with E-state index < -0.39 is 11.7 Å². The van der Waals surface area contributed by atoms with Crippen molar-refractivity contribution in [3.63, 3.8) is 0 Å². The second kappa shape index (κ2) is 4.33. The first-order valence-corrected chi connectivity index (χ1v) is 5.28. The lowest BCUT2D eigenvalue weighted by Crippen LogP contribution is -2.06. The Kier molecular flexibility index (Phi) is 2.98. The maximum Gasteiger partial charge on any atom is 0.416 e. The Balaban J connectivity index is 2.48. The monoisotopic (exact) mass is 252 g/mol. The van der Waals surface area contributed by atoms with Gasteiger partial charge >= 0.3 is 6.18 Å². The summed E-state index contributed by atoms with van der Waals surface area (Å²) in [6.07, 6.45) is -4.38. The highest BCUT2D eigenvalue weighted by Crippen LogP contribution is 2.33. The van der Waals surface area contributed by atoms with E-state index in [-0.39, 0.29) is 5.69 Å². The van der Waals surface area contributed by atoms with Gasteiger partial charge in [0, 0.05) is 16.9 Å². The van der Waals surface area contributed by atoms with E-state index in [1.54, 1.807) is 12.1 Å². The van der Waals surface area contributed by atoms with Crippen molar-refractivity contribution in [2.45, 2.75) is 13.1 Å². The van der Waals surface area contributed by atoms with Crippen LogP contribution >= 0.6 is 0 Å². The van der Waals surface area contributed by atoms with Crippen LogP contribution in [0.1, 0.15) is 11.3 Å². The highest BCUT2D eigenvalue weighted by Gasteiger charge is 2.30. The summed E-state index contributed by atoms with van der Waals surface area (Å²) in [6, 6.07) is 8.60. The summed E-state index contributed by atoms with van der Waals surface area (Å²) in [7, 11) is 0. The maximum atomic E-state index is 12.5. The Labute approximate surface area is 102 Å². The van der Waals surface area contributed by atoms with Crippen LogP contribution in [0.25, 0.3) is 11.3 Å². The molecule has 5 heteroatoms. The second-order valence-corrected chi connectivity index (χ2v) is 3.96. The predicted molar refractivity (Wildman–Crippen MR) is 63.8 cm³/mol. The van der Waals surface area contributed by atoms with Gasteiger partial charge in [-0.1, -0.05) is 12.1 Å². The molecular formula is C13H11F3N2. The smallest absolute Gasteiger partial charge is 0.398 e. The molecule has 1 heterocycles. The van der Waals surface area contributed by atoms with E-state index in [0.717, 1.165) is 17.8 Å². The van der Waals surface area contributed by atoms with Gasteiger partial charge in [0.2, 0.25) is 0 Å². The van der Waals surface area contributed by atoms with Crippen molar-refractivity contribution in [3.8, 4) is 11.3 Å². The fourth-order valence-electron chi connectivity index (χ4n) is 1.67. The largest absolute Gasteiger partial charge is 0.416 e. The molecule has 2 N–H and O–H groups in total. The zero-order valence-corrected chi connectivity index (χ0v) is 9.62. The van der Waals surface area contributed by atoms with Crippen LogP contribution in [0.5, 0.6) is 0 Å². The molecule has 0 aliphatic rings. The molecule has 0 aliphatic heterocycles. The molecule has 0 saturated carbocycles. The van der Waals surface area contributed by atoms with Gasteiger partial charge in [-0.25, -0.2) is 0 Å². The molecule has 0 saturated heterocycles. The Hall–Kier alpha value is -2.04. The Morgan fingerprint density at radius 3 is 2.39 bits per heavy atom. The molecule has 2 aromatic rings. The van der Waals surface area contributed by atoms with Crippen LogP contribution in [0.4, 0.5) is 18.9 Å². The minimum atomic E-state index is -4.38. The van der Waals surface area contributed by atoms with Crippen LogP contribution < -0.4 is 5.73 Å². The van der Waals surface area contributed by atoms with Gasteiger partial charge in [0.15, 0.2) is 0 Å². The predicted octanol–water partition coefficient (Wildman–Crippen LogP) is 3.66. The van der Waals surface area contributed by atoms with Crippen LogP contribution in [0, 0.1) is 6.92 Å². The van der Waals surface area contributed by atoms with Crippen molar-refractivity contribution in [2.75, 3.05) is 5.73 Å². The van der Waals surface area contributed by atoms with Gasteiger partial charge in [-0.3, -0.25) is 4.98 Å². The number of aromatic nitrogens is 1. The number of pyridine rings is 1. The van der Waals surface area contributed by atoms with Crippen molar-refractivity contribution in [3.05, 3.63) is 47.7 Å². The fraction of sp³-hybridized carbons (Fsp3) is 0.154. The van der Waals surface area contributed by atoms with Crippen molar-refractivity contribution < 1.29 is 13.2 Å². The highest BCUT2D eigenvalue weighted by atomic mass is 19.4. The minimum Gasteiger partial charge on any atom is -0.398 e. The van der Waals surface area contributed by atoms with Crippen LogP contribution in [0.3, 0.4) is 0 Å². The number of nitrogens with zero attached hydrogens (tertiary/aromatic N) is 1. The Bertz CT molecular complexity index is 577. The van der Waals surface area contributed by atoms with E-state index >= 15 is 0 Å². The summed E-state index contributed by atoms with van der Waals surface area (Å²) in [6.45, 7) is 1.81. The molecule has 18 heavy (non-hydrogen) atoms. The number of aryl methyl sites for hydroxylation is 1. The topological polar surface area (TPSA) is 38.9 Å². The maximum absolute atomic E-state index is 12.5. The van der Waals surface area contributed by atoms with Crippen molar-refractivity contribution in [1.29, 1.82) is 0 Å². The number of halogens is 3. The number of hydrogen-bond donors (Lipinski definition) is 1. The number of anilines is 1. The van der Waals surface area contributed by atoms with Crippen LogP contribution in [0.15, 0.2) is 36.4 Å². The third kappa shape index (κ3) is 2.45. The van der Waals surface area contributed by atoms with E-state index in [1.165, 1.54) is 6.07 Å². The SMILES string of the molecule is Cc1cccc(-c2ccc(C(F)(F)F)cc2N)n1. The standard InChI is InChI=1S/C13H11F3N2/c1-8-3-2-4-12(18-8)10-6-5-9(7-11(10)17)13(14,15)16/h2-7H,17H2,1H3. The number of alkyl halides is 3. The summed E-state index contributed by atoms with van der Waals surface area (Å²) in [5.41, 5.74) is 6.84. The summed E-state index contributed by atoms with van der Waals surface area (Å²) < 4.78 is 37.5. The van der Waals surface area contributed by atoms with Crippen LogP contribution in [-0.4, -0.2) is 4.98 Å². The first-order chi connectivity index (χ1) is 8.38. The fourth-order valence-corrected chi connectivity index (χ4v) is 1.67. The Morgan fingerprint density at radius 2 is 1.83 bits per heavy atom. The summed E-state index contributed by atoms with van der Waals surface area (Å²) >= 11 is 0. The van der Waals surface area contributed by atoms with E-state index in [0.29, 0.717) is 11.3 Å². The van der Waals surface area contributed by atoms with Gasteiger partial charge < -0.3 is 5.73 Å². The quantitative estimate of drug-likeness (QED) is 0.786. The number of hydrogen-bond acceptors (Lipinski definition) is 2. The number of nitrogens with two attached hydrogens (primary N) is 1. The molecule has 0 unspecified atom stereocenters. The van der Waals surface area contributed by atoms with E-state index in [9.17, 15) is 13.2 Å². The molecule has 1 aromatic heterocycles. The third-order valence-corrected chi connectivity index (χ3v) is 2.54. The number of nitrogen functional groups attached to an aromatic ring is 1. The molecule has 0 amide bonds. The minimum absolute atomic E-state index is 0.0722. The number of benzene rings is 1. The molecule has 0 atom stereocenters. The average Bonchev–Trinajstić information content (AvgIpc) is 2.27. The van der Waals surface area contributed by atoms with Crippen molar-refractivity contribution in [2.24, 2.45) is 0 Å². The third-order valence-electron chi connectivity index (χ3n) is 2.54. The Morgan fingerprint density at radius 1 is 1.11 bits per heavy atom. The van der Waals surface area contributed by atoms with Gasteiger partial charge in [0.05, 0.1) is 11.3 Å². The van der Waals surface area contributed by atoms with E-state index in [4.69, 9.17) is 5.73 Å². The van der Waals surface area contributed by atoms with Gasteiger partial charge in [-0.15, -0.1) is 0 Å². The second-order valence-electron chi connectivity index (χ2n) is 3.96. The molecule has 0 radical (unpaired) electrons. The molecule has 2 nitrogen and oxygen atoms in total. The molecule has 0 fully saturated rings. The van der Waals surface area contributed by atoms with Crippen LogP contribution in [-0.2, 0) is 6.18 Å². The highest BCUT2D eigenvalue weighted by molar-refractivity contribution is 5.74. The first-order valence-electron chi connectivity index (χ1n) is 5.28. The van der Waals surface area contributed by atoms with Crippen molar-refractivity contribution in [1.82, 2.24) is 4.98 Å². The molecule has 2 rings (SSSR count). The molecule has 94 valence electrons. The molecule has 0 aliphatic carbocycles. The number of rotatable bonds is 1. The van der Waals surface area contributed by atoms with E-state index in [1.807, 2.05) is 13.0 Å².